The van der Waals surface area contributed by atoms with Crippen molar-refractivity contribution in [2.24, 2.45) is 4.99 Å². The molecule has 0 bridgehead atoms. The summed E-state index contributed by atoms with van der Waals surface area (Å²) in [6.45, 7) is 1.10. The average Bonchev–Trinajstić information content (AvgIpc) is 3.02. The summed E-state index contributed by atoms with van der Waals surface area (Å²) < 4.78 is 13.7. The third kappa shape index (κ3) is 5.07. The lowest BCUT2D eigenvalue weighted by Crippen LogP contribution is -2.38. The van der Waals surface area contributed by atoms with Gasteiger partial charge < -0.3 is 15.5 Å². The smallest absolute Gasteiger partial charge is 0.191 e. The molecule has 0 aliphatic rings. The van der Waals surface area contributed by atoms with Gasteiger partial charge in [-0.15, -0.1) is 11.3 Å². The van der Waals surface area contributed by atoms with E-state index in [0.29, 0.717) is 36.1 Å². The Morgan fingerprint density at radius 2 is 2.17 bits per heavy atom. The van der Waals surface area contributed by atoms with E-state index < -0.39 is 0 Å². The van der Waals surface area contributed by atoms with Crippen LogP contribution in [-0.4, -0.2) is 38.6 Å². The summed E-state index contributed by atoms with van der Waals surface area (Å²) in [4.78, 5) is 10.6. The van der Waals surface area contributed by atoms with Crippen molar-refractivity contribution < 1.29 is 4.39 Å². The van der Waals surface area contributed by atoms with Gasteiger partial charge in [0.2, 0.25) is 0 Å². The molecule has 5 nitrogen and oxygen atoms in total. The van der Waals surface area contributed by atoms with E-state index in [4.69, 9.17) is 11.6 Å². The van der Waals surface area contributed by atoms with E-state index in [2.05, 4.69) is 20.6 Å². The second kappa shape index (κ2) is 8.84. The van der Waals surface area contributed by atoms with Crippen LogP contribution < -0.4 is 15.5 Å². The van der Waals surface area contributed by atoms with Gasteiger partial charge in [0.05, 0.1) is 12.2 Å². The first-order chi connectivity index (χ1) is 11.5. The van der Waals surface area contributed by atoms with E-state index in [-0.39, 0.29) is 5.82 Å². The quantitative estimate of drug-likeness (QED) is 0.607. The largest absolute Gasteiger partial charge is 0.356 e. The molecule has 0 fully saturated rings. The number of halogens is 2. The van der Waals surface area contributed by atoms with Crippen LogP contribution in [-0.2, 0) is 13.0 Å². The zero-order valence-corrected chi connectivity index (χ0v) is 15.5. The number of thiazole rings is 1. The first-order valence-corrected chi connectivity index (χ1v) is 8.76. The highest BCUT2D eigenvalue weighted by Gasteiger charge is 2.08. The van der Waals surface area contributed by atoms with Crippen LogP contribution in [0.2, 0.25) is 5.02 Å². The number of aliphatic imine (C=N–C) groups is 1. The summed E-state index contributed by atoms with van der Waals surface area (Å²) in [6.07, 6.45) is 0.480. The molecule has 0 unspecified atom stereocenters. The Kier molecular flexibility index (Phi) is 6.81. The first-order valence-electron chi connectivity index (χ1n) is 7.50. The lowest BCUT2D eigenvalue weighted by Gasteiger charge is -2.12. The van der Waals surface area contributed by atoms with Crippen LogP contribution in [0.3, 0.4) is 0 Å². The molecule has 1 heterocycles. The summed E-state index contributed by atoms with van der Waals surface area (Å²) >= 11 is 7.62. The van der Waals surface area contributed by atoms with E-state index in [1.54, 1.807) is 30.5 Å². The van der Waals surface area contributed by atoms with Crippen LogP contribution in [0.5, 0.6) is 0 Å². The van der Waals surface area contributed by atoms with Crippen molar-refractivity contribution in [2.45, 2.75) is 13.0 Å². The second-order valence-corrected chi connectivity index (χ2v) is 6.56. The van der Waals surface area contributed by atoms with Crippen molar-refractivity contribution in [1.82, 2.24) is 15.6 Å². The van der Waals surface area contributed by atoms with Crippen LogP contribution in [0, 0.1) is 5.82 Å². The van der Waals surface area contributed by atoms with Gasteiger partial charge >= 0.3 is 0 Å². The number of benzene rings is 1. The molecule has 0 spiro atoms. The van der Waals surface area contributed by atoms with Crippen molar-refractivity contribution in [1.29, 1.82) is 0 Å². The molecule has 2 rings (SSSR count). The zero-order valence-electron chi connectivity index (χ0n) is 13.9. The molecule has 0 saturated carbocycles. The minimum absolute atomic E-state index is 0.286. The number of guanidine groups is 1. The van der Waals surface area contributed by atoms with Gasteiger partial charge in [0.15, 0.2) is 11.1 Å². The summed E-state index contributed by atoms with van der Waals surface area (Å²) in [5.41, 5.74) is 1.46. The lowest BCUT2D eigenvalue weighted by atomic mass is 10.1. The molecule has 0 saturated heterocycles. The summed E-state index contributed by atoms with van der Waals surface area (Å²) in [7, 11) is 5.62. The number of aromatic nitrogens is 1. The standard InChI is InChI=1S/C16H21ClFN5S/c1-19-15(21-9-11-10-24-16(22-11)23(2)3)20-8-7-12-13(17)5-4-6-14(12)18/h4-6,10H,7-9H2,1-3H3,(H2,19,20,21). The molecule has 0 amide bonds. The summed E-state index contributed by atoms with van der Waals surface area (Å²) in [5.74, 6) is 0.354. The third-order valence-electron chi connectivity index (χ3n) is 3.31. The minimum Gasteiger partial charge on any atom is -0.356 e. The maximum Gasteiger partial charge on any atom is 0.191 e. The van der Waals surface area contributed by atoms with Crippen LogP contribution in [0.4, 0.5) is 9.52 Å². The van der Waals surface area contributed by atoms with E-state index in [1.807, 2.05) is 24.4 Å². The van der Waals surface area contributed by atoms with Crippen molar-refractivity contribution in [3.63, 3.8) is 0 Å². The maximum absolute atomic E-state index is 13.7. The van der Waals surface area contributed by atoms with E-state index in [1.165, 1.54) is 6.07 Å². The number of nitrogens with zero attached hydrogens (tertiary/aromatic N) is 3. The molecule has 2 N–H and O–H groups in total. The molecule has 0 aliphatic heterocycles. The molecule has 1 aromatic heterocycles. The van der Waals surface area contributed by atoms with Crippen LogP contribution in [0.15, 0.2) is 28.6 Å². The zero-order chi connectivity index (χ0) is 17.5. The molecule has 130 valence electrons. The van der Waals surface area contributed by atoms with Gasteiger partial charge in [-0.25, -0.2) is 9.37 Å². The highest BCUT2D eigenvalue weighted by atomic mass is 35.5. The van der Waals surface area contributed by atoms with Gasteiger partial charge in [0.25, 0.3) is 0 Å². The predicted molar refractivity (Wildman–Crippen MR) is 99.8 cm³/mol. The molecule has 2 aromatic rings. The molecule has 24 heavy (non-hydrogen) atoms. The number of nitrogens with one attached hydrogen (secondary N) is 2. The Hall–Kier alpha value is -1.86. The monoisotopic (exact) mass is 369 g/mol. The molecule has 0 aliphatic carbocycles. The molecular formula is C16H21ClFN5S. The van der Waals surface area contributed by atoms with Gasteiger partial charge in [-0.1, -0.05) is 17.7 Å². The minimum atomic E-state index is -0.286. The highest BCUT2D eigenvalue weighted by Crippen LogP contribution is 2.19. The Morgan fingerprint density at radius 3 is 2.79 bits per heavy atom. The fourth-order valence-corrected chi connectivity index (χ4v) is 3.07. The normalized spacial score (nSPS) is 11.5. The van der Waals surface area contributed by atoms with Crippen molar-refractivity contribution in [3.8, 4) is 0 Å². The number of hydrogen-bond donors (Lipinski definition) is 2. The first kappa shape index (κ1) is 18.5. The predicted octanol–water partition coefficient (Wildman–Crippen LogP) is 2.91. The Labute approximate surface area is 150 Å². The number of rotatable bonds is 6. The molecule has 1 aromatic carbocycles. The van der Waals surface area contributed by atoms with Crippen molar-refractivity contribution in [3.05, 3.63) is 45.7 Å². The van der Waals surface area contributed by atoms with Crippen LogP contribution in [0.25, 0.3) is 0 Å². The second-order valence-electron chi connectivity index (χ2n) is 5.32. The molecular weight excluding hydrogens is 349 g/mol. The Morgan fingerprint density at radius 1 is 1.38 bits per heavy atom. The molecule has 8 heteroatoms. The topological polar surface area (TPSA) is 52.6 Å². The highest BCUT2D eigenvalue weighted by molar-refractivity contribution is 7.13. The van der Waals surface area contributed by atoms with E-state index >= 15 is 0 Å². The fourth-order valence-electron chi connectivity index (χ4n) is 2.05. The third-order valence-corrected chi connectivity index (χ3v) is 4.72. The lowest BCUT2D eigenvalue weighted by molar-refractivity contribution is 0.607. The number of hydrogen-bond acceptors (Lipinski definition) is 4. The summed E-state index contributed by atoms with van der Waals surface area (Å²) in [5, 5.41) is 9.76. The van der Waals surface area contributed by atoms with Crippen LogP contribution >= 0.6 is 22.9 Å². The van der Waals surface area contributed by atoms with Gasteiger partial charge in [-0.2, -0.15) is 0 Å². The van der Waals surface area contributed by atoms with Crippen molar-refractivity contribution >= 4 is 34.0 Å². The van der Waals surface area contributed by atoms with Crippen LogP contribution in [0.1, 0.15) is 11.3 Å². The maximum atomic E-state index is 13.7. The Balaban J connectivity index is 1.82. The average molecular weight is 370 g/mol. The summed E-state index contributed by atoms with van der Waals surface area (Å²) in [6, 6.07) is 4.71. The Bertz CT molecular complexity index is 681. The van der Waals surface area contributed by atoms with Gasteiger partial charge in [-0.05, 0) is 18.6 Å². The molecule has 0 radical (unpaired) electrons. The van der Waals surface area contributed by atoms with Gasteiger partial charge in [0.1, 0.15) is 5.82 Å². The van der Waals surface area contributed by atoms with E-state index in [9.17, 15) is 4.39 Å². The van der Waals surface area contributed by atoms with E-state index in [0.717, 1.165) is 10.8 Å². The van der Waals surface area contributed by atoms with Gasteiger partial charge in [-0.3, -0.25) is 4.99 Å². The SMILES string of the molecule is CN=C(NCCc1c(F)cccc1Cl)NCc1csc(N(C)C)n1. The van der Waals surface area contributed by atoms with Gasteiger partial charge in [0, 0.05) is 43.7 Å². The molecule has 0 atom stereocenters. The fraction of sp³-hybridized carbons (Fsp3) is 0.375. The van der Waals surface area contributed by atoms with Crippen molar-refractivity contribution in [2.75, 3.05) is 32.6 Å². The number of anilines is 1.